The molecule has 0 saturated carbocycles. The van der Waals surface area contributed by atoms with Crippen LogP contribution in [-0.2, 0) is 11.3 Å². The van der Waals surface area contributed by atoms with E-state index in [9.17, 15) is 14.4 Å². The number of nitrogen functional groups attached to an aromatic ring is 1. The van der Waals surface area contributed by atoms with Gasteiger partial charge in [-0.25, -0.2) is 4.79 Å². The summed E-state index contributed by atoms with van der Waals surface area (Å²) in [6.45, 7) is 0.134. The predicted octanol–water partition coefficient (Wildman–Crippen LogP) is 0.970. The Kier molecular flexibility index (Phi) is 5.01. The van der Waals surface area contributed by atoms with Crippen LogP contribution in [-0.4, -0.2) is 35.2 Å². The van der Waals surface area contributed by atoms with Crippen molar-refractivity contribution in [1.29, 1.82) is 0 Å². The van der Waals surface area contributed by atoms with E-state index < -0.39 is 23.3 Å². The number of fused-ring (bicyclic) bond motifs is 1. The van der Waals surface area contributed by atoms with Crippen LogP contribution >= 0.6 is 0 Å². The number of aromatic nitrogens is 2. The first kappa shape index (κ1) is 19.3. The number of nitrogens with zero attached hydrogens (tertiary/aromatic N) is 2. The van der Waals surface area contributed by atoms with Crippen LogP contribution in [0.25, 0.3) is 0 Å². The third-order valence-corrected chi connectivity index (χ3v) is 4.85. The second-order valence-electron chi connectivity index (χ2n) is 6.83. The van der Waals surface area contributed by atoms with Crippen LogP contribution in [0.4, 0.5) is 11.5 Å². The van der Waals surface area contributed by atoms with Crippen molar-refractivity contribution >= 4 is 17.4 Å². The number of para-hydroxylation sites is 2. The van der Waals surface area contributed by atoms with Gasteiger partial charge in [0.15, 0.2) is 17.2 Å². The van der Waals surface area contributed by atoms with Crippen molar-refractivity contribution in [2.75, 3.05) is 24.3 Å². The maximum Gasteiger partial charge on any atom is 0.330 e. The highest BCUT2D eigenvalue weighted by Gasteiger charge is 2.32. The van der Waals surface area contributed by atoms with E-state index in [0.717, 1.165) is 10.5 Å². The molecular formula is C21H20N4O5. The third kappa shape index (κ3) is 3.52. The van der Waals surface area contributed by atoms with Crippen LogP contribution in [0.15, 0.2) is 64.2 Å². The summed E-state index contributed by atoms with van der Waals surface area (Å²) >= 11 is 0. The zero-order valence-corrected chi connectivity index (χ0v) is 16.2. The molecule has 0 spiro atoms. The number of ether oxygens (including phenoxy) is 2. The van der Waals surface area contributed by atoms with E-state index in [2.05, 4.69) is 4.98 Å². The summed E-state index contributed by atoms with van der Waals surface area (Å²) in [7, 11) is 1.41. The van der Waals surface area contributed by atoms with Gasteiger partial charge >= 0.3 is 5.69 Å². The van der Waals surface area contributed by atoms with Gasteiger partial charge in [-0.3, -0.25) is 19.1 Å². The van der Waals surface area contributed by atoms with Crippen molar-refractivity contribution in [3.63, 3.8) is 0 Å². The molecule has 0 radical (unpaired) electrons. The van der Waals surface area contributed by atoms with Gasteiger partial charge in [-0.05, 0) is 17.7 Å². The largest absolute Gasteiger partial charge is 0.485 e. The number of nitrogens with two attached hydrogens (primary N) is 1. The van der Waals surface area contributed by atoms with Gasteiger partial charge in [0, 0.05) is 7.05 Å². The zero-order valence-electron chi connectivity index (χ0n) is 16.2. The molecule has 2 aromatic carbocycles. The quantitative estimate of drug-likeness (QED) is 0.664. The van der Waals surface area contributed by atoms with Gasteiger partial charge in [-0.15, -0.1) is 0 Å². The van der Waals surface area contributed by atoms with Gasteiger partial charge in [-0.2, -0.15) is 0 Å². The number of likely N-dealkylation sites (N-methyl/N-ethyl adjacent to an activating group) is 1. The van der Waals surface area contributed by atoms with Crippen LogP contribution < -0.4 is 31.4 Å². The average molecular weight is 408 g/mol. The smallest absolute Gasteiger partial charge is 0.330 e. The van der Waals surface area contributed by atoms with Gasteiger partial charge in [0.1, 0.15) is 12.4 Å². The fourth-order valence-electron chi connectivity index (χ4n) is 3.29. The fourth-order valence-corrected chi connectivity index (χ4v) is 3.29. The second-order valence-corrected chi connectivity index (χ2v) is 6.83. The molecule has 0 fully saturated rings. The second kappa shape index (κ2) is 7.78. The van der Waals surface area contributed by atoms with Crippen molar-refractivity contribution in [3.05, 3.63) is 81.0 Å². The number of hydrogen-bond acceptors (Lipinski definition) is 6. The number of carbonyl (C=O) groups is 1. The van der Waals surface area contributed by atoms with E-state index in [0.29, 0.717) is 11.5 Å². The van der Waals surface area contributed by atoms with Crippen molar-refractivity contribution in [2.24, 2.45) is 0 Å². The lowest BCUT2D eigenvalue weighted by molar-refractivity contribution is -0.127. The standard InChI is InChI=1S/C21H20N4O5/c1-24(20(27)16-12-29-14-9-5-6-10-15(14)30-16)17-18(22)25(21(28)23-19(17)26)11-13-7-3-2-4-8-13/h2-10,16H,11-12,22H2,1H3,(H,23,26,28)/t16-/m1/s1. The van der Waals surface area contributed by atoms with Crippen LogP contribution in [0.2, 0.25) is 0 Å². The lowest BCUT2D eigenvalue weighted by Gasteiger charge is -2.29. The lowest BCUT2D eigenvalue weighted by Crippen LogP contribution is -2.47. The first-order chi connectivity index (χ1) is 14.5. The van der Waals surface area contributed by atoms with E-state index in [1.54, 1.807) is 24.3 Å². The third-order valence-electron chi connectivity index (χ3n) is 4.85. The molecule has 1 aliphatic heterocycles. The summed E-state index contributed by atoms with van der Waals surface area (Å²) < 4.78 is 12.5. The highest BCUT2D eigenvalue weighted by molar-refractivity contribution is 5.98. The first-order valence-corrected chi connectivity index (χ1v) is 9.28. The molecule has 1 aliphatic rings. The molecule has 0 saturated heterocycles. The molecule has 9 heteroatoms. The maximum atomic E-state index is 13.0. The minimum atomic E-state index is -0.960. The topological polar surface area (TPSA) is 120 Å². The minimum absolute atomic E-state index is 0.0123. The number of hydrogen-bond donors (Lipinski definition) is 2. The molecule has 0 unspecified atom stereocenters. The SMILES string of the molecule is CN(C(=O)[C@H]1COc2ccccc2O1)c1c(N)n(Cc2ccccc2)c(=O)[nH]c1=O. The monoisotopic (exact) mass is 408 g/mol. The number of H-pyrrole nitrogens is 1. The van der Waals surface area contributed by atoms with Gasteiger partial charge in [0.25, 0.3) is 11.5 Å². The maximum absolute atomic E-state index is 13.0. The number of nitrogens with one attached hydrogen (secondary N) is 1. The van der Waals surface area contributed by atoms with Crippen molar-refractivity contribution in [3.8, 4) is 11.5 Å². The summed E-state index contributed by atoms with van der Waals surface area (Å²) in [6, 6.07) is 16.2. The molecule has 1 atom stereocenters. The van der Waals surface area contributed by atoms with E-state index in [4.69, 9.17) is 15.2 Å². The Morgan fingerprint density at radius 2 is 1.80 bits per heavy atom. The van der Waals surface area contributed by atoms with Gasteiger partial charge in [0.05, 0.1) is 6.54 Å². The molecule has 2 heterocycles. The van der Waals surface area contributed by atoms with Crippen LogP contribution in [0.1, 0.15) is 5.56 Å². The summed E-state index contributed by atoms with van der Waals surface area (Å²) in [5.74, 6) is 0.344. The first-order valence-electron chi connectivity index (χ1n) is 9.28. The van der Waals surface area contributed by atoms with Crippen LogP contribution in [0, 0.1) is 0 Å². The van der Waals surface area contributed by atoms with E-state index in [-0.39, 0.29) is 24.7 Å². The lowest BCUT2D eigenvalue weighted by atomic mass is 10.2. The average Bonchev–Trinajstić information content (AvgIpc) is 2.76. The summed E-state index contributed by atoms with van der Waals surface area (Å²) in [6.07, 6.45) is -0.960. The molecule has 30 heavy (non-hydrogen) atoms. The molecular weight excluding hydrogens is 388 g/mol. The summed E-state index contributed by atoms with van der Waals surface area (Å²) in [4.78, 5) is 41.1. The molecule has 154 valence electrons. The molecule has 9 nitrogen and oxygen atoms in total. The number of rotatable bonds is 4. The molecule has 1 aromatic heterocycles. The minimum Gasteiger partial charge on any atom is -0.485 e. The number of amides is 1. The number of carbonyl (C=O) groups excluding carboxylic acids is 1. The number of anilines is 2. The van der Waals surface area contributed by atoms with Crippen LogP contribution in [0.5, 0.6) is 11.5 Å². The van der Waals surface area contributed by atoms with E-state index >= 15 is 0 Å². The number of aromatic amines is 1. The van der Waals surface area contributed by atoms with Gasteiger partial charge in [-0.1, -0.05) is 42.5 Å². The highest BCUT2D eigenvalue weighted by Crippen LogP contribution is 2.31. The molecule has 4 rings (SSSR count). The fraction of sp³-hybridized carbons (Fsp3) is 0.190. The number of benzene rings is 2. The Hall–Kier alpha value is -4.01. The Morgan fingerprint density at radius 1 is 1.13 bits per heavy atom. The Balaban J connectivity index is 1.65. The van der Waals surface area contributed by atoms with E-state index in [1.807, 2.05) is 30.3 Å². The van der Waals surface area contributed by atoms with E-state index in [1.165, 1.54) is 11.6 Å². The van der Waals surface area contributed by atoms with Crippen LogP contribution in [0.3, 0.4) is 0 Å². The highest BCUT2D eigenvalue weighted by atomic mass is 16.6. The molecule has 3 aromatic rings. The van der Waals surface area contributed by atoms with Crippen molar-refractivity contribution in [2.45, 2.75) is 12.6 Å². The van der Waals surface area contributed by atoms with Crippen molar-refractivity contribution in [1.82, 2.24) is 9.55 Å². The molecule has 3 N–H and O–H groups in total. The molecule has 0 aliphatic carbocycles. The summed E-state index contributed by atoms with van der Waals surface area (Å²) in [5.41, 5.74) is 5.44. The molecule has 0 bridgehead atoms. The van der Waals surface area contributed by atoms with Gasteiger partial charge in [0.2, 0.25) is 6.10 Å². The van der Waals surface area contributed by atoms with Gasteiger partial charge < -0.3 is 20.1 Å². The Bertz CT molecular complexity index is 1200. The summed E-state index contributed by atoms with van der Waals surface area (Å²) in [5, 5.41) is 0. The normalized spacial score (nSPS) is 14.9. The Morgan fingerprint density at radius 3 is 2.53 bits per heavy atom. The zero-order chi connectivity index (χ0) is 21.3. The molecule has 1 amide bonds. The Labute approximate surface area is 171 Å². The predicted molar refractivity (Wildman–Crippen MR) is 111 cm³/mol. The van der Waals surface area contributed by atoms with Crippen molar-refractivity contribution < 1.29 is 14.3 Å².